The van der Waals surface area contributed by atoms with E-state index in [4.69, 9.17) is 29.4 Å². The van der Waals surface area contributed by atoms with Gasteiger partial charge in [-0.2, -0.15) is 0 Å². The van der Waals surface area contributed by atoms with E-state index < -0.39 is 69.9 Å². The number of esters is 5. The molecule has 0 bridgehead atoms. The fourth-order valence-corrected chi connectivity index (χ4v) is 5.62. The molecule has 0 aromatic heterocycles. The number of nitrogens with zero attached hydrogens (tertiary/aromatic N) is 3. The minimum Gasteiger partial charge on any atom is -0.459 e. The van der Waals surface area contributed by atoms with E-state index in [0.29, 0.717) is 12.1 Å². The standard InChI is InChI=1S/C42H72N4O10/c1-29(45(25-34(48)53-39(5,6)7)26-35(49)54-40(8,9)10)22-44(24-33(47)52-38(2,3)4)23-32(21-30-17-19-31(43)20-18-30)46(27-36(50)55-41(11,12)13)28-37(51)56-42(14,15)16/h17-20,29,32H,21-28,43H2,1-16H3. The second-order valence-electron chi connectivity index (χ2n) is 19.4. The summed E-state index contributed by atoms with van der Waals surface area (Å²) in [5.74, 6) is -2.66. The fourth-order valence-electron chi connectivity index (χ4n) is 5.62. The van der Waals surface area contributed by atoms with E-state index in [9.17, 15) is 24.0 Å². The van der Waals surface area contributed by atoms with Crippen molar-refractivity contribution in [3.05, 3.63) is 29.8 Å². The number of nitrogen functional groups attached to an aromatic ring is 1. The summed E-state index contributed by atoms with van der Waals surface area (Å²) >= 11 is 0. The first-order chi connectivity index (χ1) is 25.2. The molecule has 2 unspecified atom stereocenters. The Labute approximate surface area is 336 Å². The normalized spacial score (nSPS) is 14.0. The molecule has 0 spiro atoms. The lowest BCUT2D eigenvalue weighted by atomic mass is 10.0. The van der Waals surface area contributed by atoms with Crippen molar-refractivity contribution < 1.29 is 47.7 Å². The summed E-state index contributed by atoms with van der Waals surface area (Å²) in [4.78, 5) is 71.8. The molecular weight excluding hydrogens is 720 g/mol. The van der Waals surface area contributed by atoms with E-state index in [2.05, 4.69) is 0 Å². The highest BCUT2D eigenvalue weighted by atomic mass is 16.6. The van der Waals surface area contributed by atoms with E-state index in [0.717, 1.165) is 5.56 Å². The Kier molecular flexibility index (Phi) is 18.5. The first kappa shape index (κ1) is 50.3. The maximum absolute atomic E-state index is 13.5. The first-order valence-corrected chi connectivity index (χ1v) is 19.3. The third-order valence-electron chi connectivity index (χ3n) is 7.36. The highest BCUT2D eigenvalue weighted by Gasteiger charge is 2.33. The highest BCUT2D eigenvalue weighted by molar-refractivity contribution is 5.76. The van der Waals surface area contributed by atoms with Crippen molar-refractivity contribution in [3.8, 4) is 0 Å². The zero-order chi connectivity index (χ0) is 43.4. The molecule has 14 nitrogen and oxygen atoms in total. The summed E-state index contributed by atoms with van der Waals surface area (Å²) in [6.07, 6.45) is 0.338. The van der Waals surface area contributed by atoms with Crippen molar-refractivity contribution in [2.75, 3.05) is 51.5 Å². The van der Waals surface area contributed by atoms with E-state index in [1.54, 1.807) is 126 Å². The number of carbonyl (C=O) groups excluding carboxylic acids is 5. The van der Waals surface area contributed by atoms with Crippen LogP contribution < -0.4 is 5.73 Å². The van der Waals surface area contributed by atoms with Gasteiger partial charge in [-0.15, -0.1) is 0 Å². The van der Waals surface area contributed by atoms with E-state index >= 15 is 0 Å². The van der Waals surface area contributed by atoms with Gasteiger partial charge in [-0.25, -0.2) is 0 Å². The van der Waals surface area contributed by atoms with Crippen molar-refractivity contribution in [2.45, 2.75) is 157 Å². The lowest BCUT2D eigenvalue weighted by molar-refractivity contribution is -0.163. The third kappa shape index (κ3) is 24.0. The molecule has 0 radical (unpaired) electrons. The number of rotatable bonds is 18. The van der Waals surface area contributed by atoms with Crippen molar-refractivity contribution in [1.82, 2.24) is 14.7 Å². The van der Waals surface area contributed by atoms with Crippen LogP contribution in [-0.2, 0) is 54.1 Å². The summed E-state index contributed by atoms with van der Waals surface area (Å²) in [5.41, 5.74) is 3.56. The summed E-state index contributed by atoms with van der Waals surface area (Å²) in [6.45, 7) is 27.5. The minimum absolute atomic E-state index is 0.145. The van der Waals surface area contributed by atoms with Crippen LogP contribution in [0.2, 0.25) is 0 Å². The Bertz CT molecular complexity index is 1380. The zero-order valence-corrected chi connectivity index (χ0v) is 37.1. The largest absolute Gasteiger partial charge is 0.459 e. The number of benzene rings is 1. The van der Waals surface area contributed by atoms with E-state index in [1.807, 2.05) is 24.0 Å². The van der Waals surface area contributed by atoms with Crippen LogP contribution in [0.3, 0.4) is 0 Å². The number of anilines is 1. The quantitative estimate of drug-likeness (QED) is 0.117. The monoisotopic (exact) mass is 793 g/mol. The number of ether oxygens (including phenoxy) is 5. The predicted octanol–water partition coefficient (Wildman–Crippen LogP) is 5.18. The molecule has 0 amide bonds. The molecular formula is C42H72N4O10. The Morgan fingerprint density at radius 2 is 0.804 bits per heavy atom. The van der Waals surface area contributed by atoms with Crippen LogP contribution in [0.25, 0.3) is 0 Å². The molecule has 320 valence electrons. The second-order valence-corrected chi connectivity index (χ2v) is 19.4. The van der Waals surface area contributed by atoms with Crippen LogP contribution in [0.1, 0.15) is 116 Å². The molecule has 0 saturated carbocycles. The fraction of sp³-hybridized carbons (Fsp3) is 0.738. The van der Waals surface area contributed by atoms with Gasteiger partial charge in [-0.3, -0.25) is 38.7 Å². The van der Waals surface area contributed by atoms with Gasteiger partial charge >= 0.3 is 29.8 Å². The highest BCUT2D eigenvalue weighted by Crippen LogP contribution is 2.19. The van der Waals surface area contributed by atoms with Gasteiger partial charge in [-0.05, 0) is 135 Å². The summed E-state index contributed by atoms with van der Waals surface area (Å²) in [6, 6.07) is 6.18. The van der Waals surface area contributed by atoms with Crippen LogP contribution in [0.5, 0.6) is 0 Å². The molecule has 56 heavy (non-hydrogen) atoms. The molecule has 0 aliphatic rings. The molecule has 0 saturated heterocycles. The van der Waals surface area contributed by atoms with Gasteiger partial charge in [0.25, 0.3) is 0 Å². The van der Waals surface area contributed by atoms with Crippen LogP contribution in [0.15, 0.2) is 24.3 Å². The number of nitrogens with two attached hydrogens (primary N) is 1. The van der Waals surface area contributed by atoms with Crippen molar-refractivity contribution in [2.24, 2.45) is 0 Å². The van der Waals surface area contributed by atoms with Gasteiger partial charge in [-0.1, -0.05) is 12.1 Å². The Balaban J connectivity index is 3.80. The molecule has 0 aliphatic carbocycles. The number of hydrogen-bond donors (Lipinski definition) is 1. The van der Waals surface area contributed by atoms with Crippen molar-refractivity contribution in [1.29, 1.82) is 0 Å². The Hall–Kier alpha value is -3.75. The van der Waals surface area contributed by atoms with Crippen LogP contribution in [0.4, 0.5) is 5.69 Å². The maximum Gasteiger partial charge on any atom is 0.320 e. The second kappa shape index (κ2) is 20.6. The van der Waals surface area contributed by atoms with Crippen LogP contribution >= 0.6 is 0 Å². The van der Waals surface area contributed by atoms with Gasteiger partial charge in [0.05, 0.1) is 32.7 Å². The molecule has 2 atom stereocenters. The average molecular weight is 793 g/mol. The maximum atomic E-state index is 13.5. The van der Waals surface area contributed by atoms with Gasteiger partial charge in [0, 0.05) is 30.9 Å². The van der Waals surface area contributed by atoms with Gasteiger partial charge in [0.2, 0.25) is 0 Å². The molecule has 0 fully saturated rings. The third-order valence-corrected chi connectivity index (χ3v) is 7.36. The smallest absolute Gasteiger partial charge is 0.320 e. The average Bonchev–Trinajstić information content (AvgIpc) is 2.92. The van der Waals surface area contributed by atoms with E-state index in [1.165, 1.54) is 0 Å². The molecule has 1 aromatic rings. The molecule has 1 aromatic carbocycles. The van der Waals surface area contributed by atoms with Gasteiger partial charge < -0.3 is 29.4 Å². The lowest BCUT2D eigenvalue weighted by Gasteiger charge is -2.38. The number of carbonyl (C=O) groups is 5. The molecule has 0 aliphatic heterocycles. The molecule has 0 heterocycles. The Morgan fingerprint density at radius 1 is 0.500 bits per heavy atom. The molecule has 2 N–H and O–H groups in total. The van der Waals surface area contributed by atoms with Crippen LogP contribution in [0, 0.1) is 0 Å². The SMILES string of the molecule is CC(CN(CC(=O)OC(C)(C)C)CC(Cc1ccc(N)cc1)N(CC(=O)OC(C)(C)C)CC(=O)OC(C)(C)C)N(CC(=O)OC(C)(C)C)CC(=O)OC(C)(C)C. The van der Waals surface area contributed by atoms with Crippen molar-refractivity contribution >= 4 is 35.5 Å². The Morgan fingerprint density at radius 3 is 1.12 bits per heavy atom. The van der Waals surface area contributed by atoms with Crippen molar-refractivity contribution in [3.63, 3.8) is 0 Å². The molecule has 14 heteroatoms. The lowest BCUT2D eigenvalue weighted by Crippen LogP contribution is -2.54. The molecule has 1 rings (SSSR count). The summed E-state index contributed by atoms with van der Waals surface area (Å²) < 4.78 is 28.4. The topological polar surface area (TPSA) is 167 Å². The van der Waals surface area contributed by atoms with Gasteiger partial charge in [0.15, 0.2) is 0 Å². The first-order valence-electron chi connectivity index (χ1n) is 19.3. The van der Waals surface area contributed by atoms with E-state index in [-0.39, 0.29) is 45.8 Å². The predicted molar refractivity (Wildman–Crippen MR) is 217 cm³/mol. The zero-order valence-electron chi connectivity index (χ0n) is 37.1. The summed E-state index contributed by atoms with van der Waals surface area (Å²) in [7, 11) is 0. The van der Waals surface area contributed by atoms with Crippen LogP contribution in [-0.4, -0.2) is 130 Å². The summed E-state index contributed by atoms with van der Waals surface area (Å²) in [5, 5.41) is 0. The van der Waals surface area contributed by atoms with Gasteiger partial charge in [0.1, 0.15) is 28.0 Å². The minimum atomic E-state index is -0.787. The number of hydrogen-bond acceptors (Lipinski definition) is 14.